The molecule has 1 aromatic carbocycles. The SMILES string of the molecule is NC(=O)c1cccc(CN2CCOCC2CC(O)c2ccco2)c1. The zero-order chi connectivity index (χ0) is 16.9. The maximum Gasteiger partial charge on any atom is 0.248 e. The molecule has 0 bridgehead atoms. The van der Waals surface area contributed by atoms with Crippen LogP contribution in [0.3, 0.4) is 0 Å². The number of carbonyl (C=O) groups is 1. The molecular formula is C18H22N2O4. The smallest absolute Gasteiger partial charge is 0.248 e. The number of hydrogen-bond acceptors (Lipinski definition) is 5. The molecule has 1 aliphatic rings. The Labute approximate surface area is 140 Å². The number of aliphatic hydroxyl groups is 1. The van der Waals surface area contributed by atoms with Crippen molar-refractivity contribution in [3.8, 4) is 0 Å². The Morgan fingerprint density at radius 2 is 2.25 bits per heavy atom. The monoisotopic (exact) mass is 330 g/mol. The van der Waals surface area contributed by atoms with Crippen LogP contribution >= 0.6 is 0 Å². The Hall–Kier alpha value is -2.15. The number of carbonyl (C=O) groups excluding carboxylic acids is 1. The molecule has 6 nitrogen and oxygen atoms in total. The van der Waals surface area contributed by atoms with E-state index in [1.807, 2.05) is 18.2 Å². The minimum Gasteiger partial charge on any atom is -0.467 e. The zero-order valence-electron chi connectivity index (χ0n) is 13.4. The number of amides is 1. The summed E-state index contributed by atoms with van der Waals surface area (Å²) in [6.45, 7) is 2.67. The summed E-state index contributed by atoms with van der Waals surface area (Å²) in [5.41, 5.74) is 6.87. The molecule has 1 aliphatic heterocycles. The molecule has 1 amide bonds. The Morgan fingerprint density at radius 3 is 3.00 bits per heavy atom. The lowest BCUT2D eigenvalue weighted by Gasteiger charge is -2.36. The highest BCUT2D eigenvalue weighted by molar-refractivity contribution is 5.92. The normalized spacial score (nSPS) is 20.0. The van der Waals surface area contributed by atoms with Gasteiger partial charge in [0.25, 0.3) is 0 Å². The van der Waals surface area contributed by atoms with Crippen molar-refractivity contribution in [1.29, 1.82) is 0 Å². The first-order chi connectivity index (χ1) is 11.6. The summed E-state index contributed by atoms with van der Waals surface area (Å²) in [5.74, 6) is 0.139. The summed E-state index contributed by atoms with van der Waals surface area (Å²) in [6, 6.07) is 11.0. The highest BCUT2D eigenvalue weighted by atomic mass is 16.5. The third kappa shape index (κ3) is 4.03. The van der Waals surface area contributed by atoms with Gasteiger partial charge in [0.1, 0.15) is 11.9 Å². The van der Waals surface area contributed by atoms with Gasteiger partial charge in [0.05, 0.1) is 19.5 Å². The molecule has 0 aliphatic carbocycles. The average Bonchev–Trinajstić information content (AvgIpc) is 3.11. The molecule has 0 saturated carbocycles. The van der Waals surface area contributed by atoms with E-state index < -0.39 is 12.0 Å². The van der Waals surface area contributed by atoms with Gasteiger partial charge in [-0.05, 0) is 36.2 Å². The maximum absolute atomic E-state index is 11.3. The summed E-state index contributed by atoms with van der Waals surface area (Å²) in [4.78, 5) is 13.6. The molecule has 2 heterocycles. The van der Waals surface area contributed by atoms with Gasteiger partial charge in [0, 0.05) is 24.7 Å². The van der Waals surface area contributed by atoms with Gasteiger partial charge >= 0.3 is 0 Å². The van der Waals surface area contributed by atoms with E-state index in [9.17, 15) is 9.90 Å². The molecule has 1 saturated heterocycles. The lowest BCUT2D eigenvalue weighted by molar-refractivity contribution is -0.0323. The van der Waals surface area contributed by atoms with E-state index in [1.54, 1.807) is 24.5 Å². The quantitative estimate of drug-likeness (QED) is 0.841. The molecule has 6 heteroatoms. The second kappa shape index (κ2) is 7.61. The molecule has 3 rings (SSSR count). The van der Waals surface area contributed by atoms with E-state index in [0.717, 1.165) is 12.1 Å². The van der Waals surface area contributed by atoms with Crippen LogP contribution in [0.4, 0.5) is 0 Å². The van der Waals surface area contributed by atoms with E-state index in [4.69, 9.17) is 14.9 Å². The second-order valence-electron chi connectivity index (χ2n) is 6.03. The first-order valence-corrected chi connectivity index (χ1v) is 8.05. The van der Waals surface area contributed by atoms with E-state index in [0.29, 0.717) is 37.5 Å². The molecule has 24 heavy (non-hydrogen) atoms. The van der Waals surface area contributed by atoms with Gasteiger partial charge in [-0.25, -0.2) is 0 Å². The van der Waals surface area contributed by atoms with Crippen LogP contribution < -0.4 is 5.73 Å². The van der Waals surface area contributed by atoms with Gasteiger partial charge in [0.15, 0.2) is 0 Å². The summed E-state index contributed by atoms with van der Waals surface area (Å²) in [6.07, 6.45) is 1.43. The Balaban J connectivity index is 1.68. The number of ether oxygens (including phenoxy) is 1. The minimum atomic E-state index is -0.661. The molecular weight excluding hydrogens is 308 g/mol. The van der Waals surface area contributed by atoms with Crippen LogP contribution in [0.25, 0.3) is 0 Å². The lowest BCUT2D eigenvalue weighted by atomic mass is 10.0. The summed E-state index contributed by atoms with van der Waals surface area (Å²) in [7, 11) is 0. The van der Waals surface area contributed by atoms with Crippen LogP contribution in [0.1, 0.15) is 34.2 Å². The van der Waals surface area contributed by atoms with Crippen molar-refractivity contribution in [3.05, 3.63) is 59.5 Å². The van der Waals surface area contributed by atoms with E-state index >= 15 is 0 Å². The number of nitrogens with two attached hydrogens (primary N) is 1. The Kier molecular flexibility index (Phi) is 5.30. The summed E-state index contributed by atoms with van der Waals surface area (Å²) in [5, 5.41) is 10.3. The van der Waals surface area contributed by atoms with Crippen molar-refractivity contribution < 1.29 is 19.1 Å². The average molecular weight is 330 g/mol. The van der Waals surface area contributed by atoms with E-state index in [2.05, 4.69) is 4.90 Å². The van der Waals surface area contributed by atoms with Crippen LogP contribution in [-0.2, 0) is 11.3 Å². The van der Waals surface area contributed by atoms with Gasteiger partial charge in [0.2, 0.25) is 5.91 Å². The summed E-state index contributed by atoms with van der Waals surface area (Å²) < 4.78 is 10.8. The number of primary amides is 1. The number of hydrogen-bond donors (Lipinski definition) is 2. The van der Waals surface area contributed by atoms with Crippen LogP contribution in [0.2, 0.25) is 0 Å². The second-order valence-corrected chi connectivity index (χ2v) is 6.03. The van der Waals surface area contributed by atoms with Gasteiger partial charge in [-0.15, -0.1) is 0 Å². The van der Waals surface area contributed by atoms with E-state index in [-0.39, 0.29) is 6.04 Å². The summed E-state index contributed by atoms with van der Waals surface area (Å²) >= 11 is 0. The van der Waals surface area contributed by atoms with Crippen molar-refractivity contribution in [2.24, 2.45) is 5.73 Å². The Morgan fingerprint density at radius 1 is 1.38 bits per heavy atom. The Bertz CT molecular complexity index is 671. The topological polar surface area (TPSA) is 88.9 Å². The first-order valence-electron chi connectivity index (χ1n) is 8.05. The van der Waals surface area contributed by atoms with Crippen LogP contribution in [0.5, 0.6) is 0 Å². The highest BCUT2D eigenvalue weighted by Crippen LogP contribution is 2.24. The largest absolute Gasteiger partial charge is 0.467 e. The van der Waals surface area contributed by atoms with Crippen molar-refractivity contribution in [1.82, 2.24) is 4.90 Å². The number of rotatable bonds is 6. The standard InChI is InChI=1S/C18H22N2O4/c19-18(22)14-4-1-3-13(9-14)11-20-6-8-23-12-15(20)10-16(21)17-5-2-7-24-17/h1-5,7,9,15-16,21H,6,8,10-12H2,(H2,19,22). The fraction of sp³-hybridized carbons (Fsp3) is 0.389. The van der Waals surface area contributed by atoms with Gasteiger partial charge in [-0.2, -0.15) is 0 Å². The molecule has 1 fully saturated rings. The van der Waals surface area contributed by atoms with Gasteiger partial charge < -0.3 is 20.0 Å². The molecule has 2 atom stereocenters. The molecule has 2 unspecified atom stereocenters. The number of nitrogens with zero attached hydrogens (tertiary/aromatic N) is 1. The van der Waals surface area contributed by atoms with Crippen LogP contribution in [-0.4, -0.2) is 41.7 Å². The van der Waals surface area contributed by atoms with Gasteiger partial charge in [-0.3, -0.25) is 9.69 Å². The number of morpholine rings is 1. The molecule has 128 valence electrons. The van der Waals surface area contributed by atoms with E-state index in [1.165, 1.54) is 0 Å². The third-order valence-corrected chi connectivity index (χ3v) is 4.31. The fourth-order valence-corrected chi connectivity index (χ4v) is 3.03. The first kappa shape index (κ1) is 16.7. The number of benzene rings is 1. The van der Waals surface area contributed by atoms with Crippen LogP contribution in [0, 0.1) is 0 Å². The highest BCUT2D eigenvalue weighted by Gasteiger charge is 2.27. The predicted molar refractivity (Wildman–Crippen MR) is 88.3 cm³/mol. The fourth-order valence-electron chi connectivity index (χ4n) is 3.03. The van der Waals surface area contributed by atoms with Crippen molar-refractivity contribution in [2.75, 3.05) is 19.8 Å². The maximum atomic E-state index is 11.3. The number of aliphatic hydroxyl groups excluding tert-OH is 1. The van der Waals surface area contributed by atoms with Gasteiger partial charge in [-0.1, -0.05) is 12.1 Å². The van der Waals surface area contributed by atoms with Crippen LogP contribution in [0.15, 0.2) is 47.1 Å². The molecule has 3 N–H and O–H groups in total. The molecule has 0 radical (unpaired) electrons. The van der Waals surface area contributed by atoms with Crippen molar-refractivity contribution in [2.45, 2.75) is 25.1 Å². The molecule has 2 aromatic rings. The lowest BCUT2D eigenvalue weighted by Crippen LogP contribution is -2.45. The predicted octanol–water partition coefficient (Wildman–Crippen LogP) is 1.70. The number of furan rings is 1. The third-order valence-electron chi connectivity index (χ3n) is 4.31. The molecule has 1 aromatic heterocycles. The van der Waals surface area contributed by atoms with Crippen molar-refractivity contribution >= 4 is 5.91 Å². The molecule has 0 spiro atoms. The minimum absolute atomic E-state index is 0.0797. The zero-order valence-corrected chi connectivity index (χ0v) is 13.4. The van der Waals surface area contributed by atoms with Crippen molar-refractivity contribution in [3.63, 3.8) is 0 Å².